The van der Waals surface area contributed by atoms with Crippen LogP contribution in [0.4, 0.5) is 0 Å². The summed E-state index contributed by atoms with van der Waals surface area (Å²) < 4.78 is 1.23. The monoisotopic (exact) mass is 677 g/mol. The third kappa shape index (κ3) is 7.46. The molecule has 4 aromatic rings. The van der Waals surface area contributed by atoms with Crippen molar-refractivity contribution in [1.29, 1.82) is 0 Å². The van der Waals surface area contributed by atoms with Crippen LogP contribution in [0, 0.1) is 26.8 Å². The average Bonchev–Trinajstić information content (AvgIpc) is 3.14. The molecule has 2 aromatic carbocycles. The zero-order valence-electron chi connectivity index (χ0n) is 22.2. The molecule has 3 nitrogen and oxygen atoms in total. The van der Waals surface area contributed by atoms with E-state index >= 15 is 0 Å². The first-order valence-corrected chi connectivity index (χ1v) is 12.6. The zero-order valence-corrected chi connectivity index (χ0v) is 25.5. The van der Waals surface area contributed by atoms with E-state index in [1.165, 1.54) is 51.8 Å². The van der Waals surface area contributed by atoms with E-state index in [1.807, 2.05) is 11.3 Å². The minimum atomic E-state index is -0.125. The van der Waals surface area contributed by atoms with Gasteiger partial charge < -0.3 is 5.11 Å². The summed E-state index contributed by atoms with van der Waals surface area (Å²) in [6, 6.07) is 21.0. The topological polar surface area (TPSA) is 50.2 Å². The van der Waals surface area contributed by atoms with Gasteiger partial charge in [0.2, 0.25) is 0 Å². The molecule has 0 amide bonds. The molecular weight excluding hydrogens is 643 g/mol. The second-order valence-electron chi connectivity index (χ2n) is 10.1. The van der Waals surface area contributed by atoms with Crippen molar-refractivity contribution in [3.05, 3.63) is 88.7 Å². The smallest absolute Gasteiger partial charge is 0.155 e. The van der Waals surface area contributed by atoms with Crippen molar-refractivity contribution in [2.75, 3.05) is 0 Å². The fourth-order valence-electron chi connectivity index (χ4n) is 3.98. The first-order valence-electron chi connectivity index (χ1n) is 11.7. The number of aryl methyl sites for hydroxylation is 3. The molecule has 0 atom stereocenters. The van der Waals surface area contributed by atoms with Crippen LogP contribution in [0.15, 0.2) is 60.4 Å². The van der Waals surface area contributed by atoms with Crippen LogP contribution in [-0.4, -0.2) is 15.9 Å². The van der Waals surface area contributed by atoms with E-state index in [9.17, 15) is 4.79 Å². The van der Waals surface area contributed by atoms with E-state index in [-0.39, 0.29) is 37.1 Å². The van der Waals surface area contributed by atoms with Crippen LogP contribution in [0.3, 0.4) is 0 Å². The number of thiophene rings is 1. The number of pyridine rings is 1. The van der Waals surface area contributed by atoms with Crippen LogP contribution in [0.5, 0.6) is 0 Å². The molecule has 1 radical (unpaired) electrons. The van der Waals surface area contributed by atoms with E-state index < -0.39 is 0 Å². The third-order valence-electron chi connectivity index (χ3n) is 5.66. The molecule has 0 aliphatic heterocycles. The molecule has 0 aliphatic carbocycles. The van der Waals surface area contributed by atoms with Crippen molar-refractivity contribution in [3.63, 3.8) is 0 Å². The van der Waals surface area contributed by atoms with E-state index in [4.69, 9.17) is 10.1 Å². The average molecular weight is 677 g/mol. The Morgan fingerprint density at radius 1 is 1.00 bits per heavy atom. The number of allylic oxidation sites excluding steroid dienone is 2. The Balaban J connectivity index is 0.000000503. The first-order chi connectivity index (χ1) is 16.3. The summed E-state index contributed by atoms with van der Waals surface area (Å²) in [6.45, 7) is 16.1. The first kappa shape index (κ1) is 29.6. The molecule has 0 saturated heterocycles. The molecule has 4 rings (SSSR count). The minimum absolute atomic E-state index is 0. The predicted octanol–water partition coefficient (Wildman–Crippen LogP) is 8.69. The van der Waals surface area contributed by atoms with Crippen molar-refractivity contribution >= 4 is 27.3 Å². The number of benzene rings is 2. The summed E-state index contributed by atoms with van der Waals surface area (Å²) >= 11 is 1.82. The molecule has 0 bridgehead atoms. The summed E-state index contributed by atoms with van der Waals surface area (Å²) in [5, 5.41) is 8.36. The maximum absolute atomic E-state index is 10.0. The van der Waals surface area contributed by atoms with Crippen molar-refractivity contribution < 1.29 is 30.0 Å². The van der Waals surface area contributed by atoms with Crippen LogP contribution in [0.1, 0.15) is 56.9 Å². The van der Waals surface area contributed by atoms with Gasteiger partial charge in [-0.1, -0.05) is 52.0 Å². The second-order valence-corrected chi connectivity index (χ2v) is 11.2. The molecule has 0 unspecified atom stereocenters. The Morgan fingerprint density at radius 2 is 1.64 bits per heavy atom. The molecule has 2 aromatic heterocycles. The quantitative estimate of drug-likeness (QED) is 0.134. The summed E-state index contributed by atoms with van der Waals surface area (Å²) in [4.78, 5) is 16.3. The molecular formula is C31H34IrNO2S-. The standard InChI is InChI=1S/C26H26NS.C5H8O2.Ir/c1-16-12-19(14-20(13-16)26(4,5)6)21-10-11-23-22(27-21)15-24(28-23)25-17(2)8-7-9-18(25)3;1-4(6)3-5(2)7;/h7-11,13-15H,1-6H3;3,6H,1-2H3;/q-1;;/b;4-3-;. The predicted molar refractivity (Wildman–Crippen MR) is 149 cm³/mol. The Bertz CT molecular complexity index is 1390. The molecule has 0 aliphatic rings. The van der Waals surface area contributed by atoms with E-state index in [1.54, 1.807) is 0 Å². The van der Waals surface area contributed by atoms with Crippen molar-refractivity contribution in [2.24, 2.45) is 0 Å². The Kier molecular flexibility index (Phi) is 9.96. The maximum Gasteiger partial charge on any atom is 0.155 e. The normalized spacial score (nSPS) is 11.5. The number of carbonyl (C=O) groups excluding carboxylic acids is 1. The van der Waals surface area contributed by atoms with Crippen molar-refractivity contribution in [3.8, 4) is 21.7 Å². The molecule has 0 saturated carbocycles. The van der Waals surface area contributed by atoms with E-state index in [0.29, 0.717) is 0 Å². The number of ketones is 1. The summed E-state index contributed by atoms with van der Waals surface area (Å²) in [5.41, 5.74) is 9.68. The summed E-state index contributed by atoms with van der Waals surface area (Å²) in [6.07, 6.45) is 1.17. The number of nitrogens with zero attached hydrogens (tertiary/aromatic N) is 1. The van der Waals surface area contributed by atoms with Gasteiger partial charge in [0.1, 0.15) is 0 Å². The largest absolute Gasteiger partial charge is 0.512 e. The van der Waals surface area contributed by atoms with Crippen LogP contribution in [0.25, 0.3) is 31.9 Å². The fourth-order valence-corrected chi connectivity index (χ4v) is 5.16. The van der Waals surface area contributed by atoms with Crippen molar-refractivity contribution in [2.45, 2.75) is 60.8 Å². The molecule has 1 N–H and O–H groups in total. The SMILES string of the molecule is CC(=O)/C=C(/C)O.Cc1[c-]c(-c2ccc3sc(-c4c(C)cccc4C)cc3n2)cc(C(C)(C)C)c1.[Ir]. The number of rotatable bonds is 3. The molecule has 2 heterocycles. The van der Waals surface area contributed by atoms with Crippen LogP contribution >= 0.6 is 11.3 Å². The van der Waals surface area contributed by atoms with Gasteiger partial charge in [-0.25, -0.2) is 0 Å². The van der Waals surface area contributed by atoms with Crippen LogP contribution < -0.4 is 0 Å². The molecule has 0 spiro atoms. The molecule has 0 fully saturated rings. The maximum atomic E-state index is 10.0. The Morgan fingerprint density at radius 3 is 2.17 bits per heavy atom. The number of carbonyl (C=O) groups is 1. The number of hydrogen-bond acceptors (Lipinski definition) is 4. The number of hydrogen-bond donors (Lipinski definition) is 1. The minimum Gasteiger partial charge on any atom is -0.512 e. The van der Waals surface area contributed by atoms with Gasteiger partial charge in [-0.3, -0.25) is 9.78 Å². The fraction of sp³-hybridized carbons (Fsp3) is 0.290. The van der Waals surface area contributed by atoms with E-state index in [2.05, 4.69) is 96.1 Å². The van der Waals surface area contributed by atoms with E-state index in [0.717, 1.165) is 22.3 Å². The molecule has 36 heavy (non-hydrogen) atoms. The number of fused-ring (bicyclic) bond motifs is 1. The Hall–Kier alpha value is -2.59. The zero-order chi connectivity index (χ0) is 25.9. The van der Waals surface area contributed by atoms with Gasteiger partial charge in [-0.05, 0) is 67.6 Å². The van der Waals surface area contributed by atoms with Gasteiger partial charge in [0.05, 0.1) is 16.0 Å². The second kappa shape index (κ2) is 12.1. The Labute approximate surface area is 232 Å². The molecule has 191 valence electrons. The van der Waals surface area contributed by atoms with Gasteiger partial charge in [-0.2, -0.15) is 0 Å². The molecule has 5 heteroatoms. The number of aliphatic hydroxyl groups excluding tert-OH is 1. The van der Waals surface area contributed by atoms with Crippen molar-refractivity contribution in [1.82, 2.24) is 4.98 Å². The van der Waals surface area contributed by atoms with Gasteiger partial charge in [0.15, 0.2) is 5.78 Å². The van der Waals surface area contributed by atoms with Gasteiger partial charge >= 0.3 is 0 Å². The van der Waals surface area contributed by atoms with Gasteiger partial charge in [0.25, 0.3) is 0 Å². The summed E-state index contributed by atoms with van der Waals surface area (Å²) in [5.74, 6) is -0.0625. The van der Waals surface area contributed by atoms with Crippen LogP contribution in [-0.2, 0) is 30.3 Å². The third-order valence-corrected chi connectivity index (χ3v) is 6.77. The number of aromatic nitrogens is 1. The number of aliphatic hydroxyl groups is 1. The van der Waals surface area contributed by atoms with Gasteiger partial charge in [-0.15, -0.1) is 46.2 Å². The van der Waals surface area contributed by atoms with Crippen LogP contribution in [0.2, 0.25) is 0 Å². The summed E-state index contributed by atoms with van der Waals surface area (Å²) in [7, 11) is 0. The van der Waals surface area contributed by atoms with Gasteiger partial charge in [0, 0.05) is 31.1 Å².